The SMILES string of the molecule is COc1ccc(CN(C(=O)c2sc(C)nc2C)[C@H](C(=O)NC2CCCCC2)c2ccc(OC)cc2)cc1. The summed E-state index contributed by atoms with van der Waals surface area (Å²) in [5.41, 5.74) is 2.31. The molecular formula is C29H35N3O4S. The number of carbonyl (C=O) groups is 2. The van der Waals surface area contributed by atoms with Gasteiger partial charge in [-0.3, -0.25) is 9.59 Å². The van der Waals surface area contributed by atoms with Crippen LogP contribution in [0.4, 0.5) is 0 Å². The van der Waals surface area contributed by atoms with Gasteiger partial charge in [0, 0.05) is 12.6 Å². The molecule has 4 rings (SSSR count). The number of aryl methyl sites for hydroxylation is 2. The summed E-state index contributed by atoms with van der Waals surface area (Å²) in [6, 6.07) is 14.3. The Morgan fingerprint density at radius 1 is 0.973 bits per heavy atom. The molecule has 3 aromatic rings. The summed E-state index contributed by atoms with van der Waals surface area (Å²) in [6.07, 6.45) is 5.32. The molecule has 0 spiro atoms. The predicted octanol–water partition coefficient (Wildman–Crippen LogP) is 5.61. The molecule has 0 aliphatic heterocycles. The van der Waals surface area contributed by atoms with Crippen LogP contribution in [0.2, 0.25) is 0 Å². The Labute approximate surface area is 222 Å². The number of aromatic nitrogens is 1. The number of ether oxygens (including phenoxy) is 2. The van der Waals surface area contributed by atoms with Crippen LogP contribution in [0.5, 0.6) is 11.5 Å². The van der Waals surface area contributed by atoms with Crippen molar-refractivity contribution in [2.75, 3.05) is 14.2 Å². The maximum atomic E-state index is 14.1. The highest BCUT2D eigenvalue weighted by atomic mass is 32.1. The van der Waals surface area contributed by atoms with Crippen LogP contribution in [0, 0.1) is 13.8 Å². The van der Waals surface area contributed by atoms with Crippen molar-refractivity contribution in [2.24, 2.45) is 0 Å². The minimum Gasteiger partial charge on any atom is -0.497 e. The summed E-state index contributed by atoms with van der Waals surface area (Å²) in [6.45, 7) is 3.99. The number of carbonyl (C=O) groups excluding carboxylic acids is 2. The third-order valence-electron chi connectivity index (χ3n) is 6.81. The normalized spacial score (nSPS) is 14.6. The van der Waals surface area contributed by atoms with Crippen LogP contribution in [-0.4, -0.2) is 42.0 Å². The van der Waals surface area contributed by atoms with Crippen LogP contribution in [-0.2, 0) is 11.3 Å². The fourth-order valence-electron chi connectivity index (χ4n) is 4.85. The Morgan fingerprint density at radius 2 is 1.57 bits per heavy atom. The first-order chi connectivity index (χ1) is 17.9. The third-order valence-corrected chi connectivity index (χ3v) is 7.87. The van der Waals surface area contributed by atoms with Gasteiger partial charge < -0.3 is 19.7 Å². The van der Waals surface area contributed by atoms with Gasteiger partial charge >= 0.3 is 0 Å². The van der Waals surface area contributed by atoms with E-state index in [4.69, 9.17) is 9.47 Å². The van der Waals surface area contributed by atoms with Crippen LogP contribution in [0.25, 0.3) is 0 Å². The molecule has 1 atom stereocenters. The van der Waals surface area contributed by atoms with Gasteiger partial charge in [0.15, 0.2) is 0 Å². The van der Waals surface area contributed by atoms with Gasteiger partial charge in [0.1, 0.15) is 22.4 Å². The number of hydrogen-bond donors (Lipinski definition) is 1. The zero-order valence-electron chi connectivity index (χ0n) is 22.0. The smallest absolute Gasteiger partial charge is 0.267 e. The van der Waals surface area contributed by atoms with Crippen molar-refractivity contribution >= 4 is 23.2 Å². The summed E-state index contributed by atoms with van der Waals surface area (Å²) >= 11 is 1.36. The number of nitrogens with one attached hydrogen (secondary N) is 1. The van der Waals surface area contributed by atoms with Gasteiger partial charge in [-0.1, -0.05) is 43.5 Å². The number of nitrogens with zero attached hydrogens (tertiary/aromatic N) is 2. The lowest BCUT2D eigenvalue weighted by Crippen LogP contribution is -2.46. The number of amides is 2. The molecule has 1 fully saturated rings. The molecule has 0 unspecified atom stereocenters. The van der Waals surface area contributed by atoms with Crippen LogP contribution in [0.15, 0.2) is 48.5 Å². The summed E-state index contributed by atoms with van der Waals surface area (Å²) in [7, 11) is 3.23. The van der Waals surface area contributed by atoms with Gasteiger partial charge in [0.25, 0.3) is 5.91 Å². The molecule has 0 saturated heterocycles. The Balaban J connectivity index is 1.76. The topological polar surface area (TPSA) is 80.8 Å². The summed E-state index contributed by atoms with van der Waals surface area (Å²) in [5.74, 6) is 1.05. The molecule has 2 aromatic carbocycles. The second kappa shape index (κ2) is 12.2. The number of thiazole rings is 1. The number of benzene rings is 2. The van der Waals surface area contributed by atoms with E-state index in [1.807, 2.05) is 62.4 Å². The second-order valence-electron chi connectivity index (χ2n) is 9.45. The zero-order chi connectivity index (χ0) is 26.4. The van der Waals surface area contributed by atoms with Gasteiger partial charge in [-0.05, 0) is 62.1 Å². The van der Waals surface area contributed by atoms with E-state index < -0.39 is 6.04 Å². The highest BCUT2D eigenvalue weighted by Gasteiger charge is 2.35. The molecule has 1 saturated carbocycles. The molecule has 1 aromatic heterocycles. The Kier molecular flexibility index (Phi) is 8.82. The van der Waals surface area contributed by atoms with Crippen LogP contribution >= 0.6 is 11.3 Å². The van der Waals surface area contributed by atoms with Crippen molar-refractivity contribution in [2.45, 2.75) is 64.6 Å². The van der Waals surface area contributed by atoms with Crippen LogP contribution < -0.4 is 14.8 Å². The Morgan fingerprint density at radius 3 is 2.11 bits per heavy atom. The van der Waals surface area contributed by atoms with E-state index >= 15 is 0 Å². The maximum Gasteiger partial charge on any atom is 0.267 e. The van der Waals surface area contributed by atoms with Gasteiger partial charge in [0.05, 0.1) is 24.9 Å². The molecular weight excluding hydrogens is 486 g/mol. The summed E-state index contributed by atoms with van der Waals surface area (Å²) < 4.78 is 10.7. The highest BCUT2D eigenvalue weighted by molar-refractivity contribution is 7.13. The lowest BCUT2D eigenvalue weighted by molar-refractivity contribution is -0.127. The fraction of sp³-hybridized carbons (Fsp3) is 0.414. The molecule has 1 aliphatic rings. The average Bonchev–Trinajstić information content (AvgIpc) is 3.26. The third kappa shape index (κ3) is 6.49. The molecule has 1 N–H and O–H groups in total. The predicted molar refractivity (Wildman–Crippen MR) is 145 cm³/mol. The highest BCUT2D eigenvalue weighted by Crippen LogP contribution is 2.31. The van der Waals surface area contributed by atoms with Crippen molar-refractivity contribution in [3.05, 3.63) is 75.2 Å². The van der Waals surface area contributed by atoms with E-state index in [1.165, 1.54) is 17.8 Å². The molecule has 196 valence electrons. The van der Waals surface area contributed by atoms with Crippen molar-refractivity contribution in [1.82, 2.24) is 15.2 Å². The van der Waals surface area contributed by atoms with Crippen molar-refractivity contribution in [3.8, 4) is 11.5 Å². The standard InChI is InChI=1S/C29H35N3O4S/c1-19-27(37-20(2)30-19)29(34)32(18-21-10-14-24(35-3)15-11-21)26(22-12-16-25(36-4)17-13-22)28(33)31-23-8-6-5-7-9-23/h10-17,23,26H,5-9,18H2,1-4H3,(H,31,33)/t26-/m0/s1. The largest absolute Gasteiger partial charge is 0.497 e. The Hall–Kier alpha value is -3.39. The van der Waals surface area contributed by atoms with E-state index in [-0.39, 0.29) is 24.4 Å². The molecule has 1 aliphatic carbocycles. The summed E-state index contributed by atoms with van der Waals surface area (Å²) in [5, 5.41) is 4.08. The molecule has 8 heteroatoms. The second-order valence-corrected chi connectivity index (χ2v) is 10.7. The quantitative estimate of drug-likeness (QED) is 0.396. The molecule has 1 heterocycles. The lowest BCUT2D eigenvalue weighted by Gasteiger charge is -2.33. The first-order valence-electron chi connectivity index (χ1n) is 12.7. The minimum absolute atomic E-state index is 0.118. The van der Waals surface area contributed by atoms with E-state index in [0.29, 0.717) is 16.3 Å². The van der Waals surface area contributed by atoms with Gasteiger partial charge in [-0.25, -0.2) is 4.98 Å². The Bertz CT molecular complexity index is 1200. The molecule has 0 bridgehead atoms. The first-order valence-corrected chi connectivity index (χ1v) is 13.5. The average molecular weight is 522 g/mol. The van der Waals surface area contributed by atoms with Crippen molar-refractivity contribution < 1.29 is 19.1 Å². The molecule has 0 radical (unpaired) electrons. The van der Waals surface area contributed by atoms with E-state index in [0.717, 1.165) is 47.6 Å². The number of hydrogen-bond acceptors (Lipinski definition) is 6. The lowest BCUT2D eigenvalue weighted by atomic mass is 9.94. The monoisotopic (exact) mass is 521 g/mol. The summed E-state index contributed by atoms with van der Waals surface area (Å²) in [4.78, 5) is 34.8. The molecule has 37 heavy (non-hydrogen) atoms. The van der Waals surface area contributed by atoms with E-state index in [2.05, 4.69) is 10.3 Å². The van der Waals surface area contributed by atoms with Crippen LogP contribution in [0.1, 0.15) is 69.6 Å². The van der Waals surface area contributed by atoms with Gasteiger partial charge in [-0.15, -0.1) is 11.3 Å². The molecule has 7 nitrogen and oxygen atoms in total. The zero-order valence-corrected chi connectivity index (χ0v) is 22.8. The fourth-order valence-corrected chi connectivity index (χ4v) is 5.73. The van der Waals surface area contributed by atoms with Gasteiger partial charge in [0.2, 0.25) is 5.91 Å². The number of methoxy groups -OCH3 is 2. The van der Waals surface area contributed by atoms with E-state index in [1.54, 1.807) is 19.1 Å². The van der Waals surface area contributed by atoms with Gasteiger partial charge in [-0.2, -0.15) is 0 Å². The van der Waals surface area contributed by atoms with Crippen molar-refractivity contribution in [3.63, 3.8) is 0 Å². The number of rotatable bonds is 9. The van der Waals surface area contributed by atoms with E-state index in [9.17, 15) is 9.59 Å². The van der Waals surface area contributed by atoms with Crippen molar-refractivity contribution in [1.29, 1.82) is 0 Å². The minimum atomic E-state index is -0.816. The van der Waals surface area contributed by atoms with Crippen LogP contribution in [0.3, 0.4) is 0 Å². The molecule has 2 amide bonds. The maximum absolute atomic E-state index is 14.1. The first kappa shape index (κ1) is 26.7.